The fourth-order valence-electron chi connectivity index (χ4n) is 4.61. The van der Waals surface area contributed by atoms with Gasteiger partial charge in [-0.15, -0.1) is 0 Å². The number of pyridine rings is 1. The van der Waals surface area contributed by atoms with Crippen LogP contribution in [0.3, 0.4) is 0 Å². The standard InChI is InChI=1S/C28H26FN5OS/c1-19-8-6-9-20(18-19)33-16-7-13-24(33)27-26(23-12-4-5-15-30-23)32-28(36)34(27)17-14-25(35)31-22-11-3-2-10-21(22)29/h2-13,15-16,18,26-27H,14,17H2,1H3,(H,31,35)(H,32,36). The molecule has 0 saturated carbocycles. The van der Waals surface area contributed by atoms with E-state index in [2.05, 4.69) is 51.4 Å². The monoisotopic (exact) mass is 499 g/mol. The Bertz CT molecular complexity index is 1390. The second kappa shape index (κ2) is 10.3. The van der Waals surface area contributed by atoms with Gasteiger partial charge in [-0.25, -0.2) is 4.39 Å². The highest BCUT2D eigenvalue weighted by Crippen LogP contribution is 2.39. The second-order valence-electron chi connectivity index (χ2n) is 8.74. The van der Waals surface area contributed by atoms with Gasteiger partial charge in [0, 0.05) is 36.7 Å². The van der Waals surface area contributed by atoms with Crippen molar-refractivity contribution in [1.29, 1.82) is 0 Å². The van der Waals surface area contributed by atoms with Crippen LogP contribution in [0.2, 0.25) is 0 Å². The van der Waals surface area contributed by atoms with Crippen molar-refractivity contribution in [3.8, 4) is 5.69 Å². The number of nitrogens with one attached hydrogen (secondary N) is 2. The number of thiocarbonyl (C=S) groups is 1. The minimum atomic E-state index is -0.465. The highest BCUT2D eigenvalue weighted by atomic mass is 32.1. The molecule has 0 radical (unpaired) electrons. The smallest absolute Gasteiger partial charge is 0.226 e. The van der Waals surface area contributed by atoms with E-state index in [9.17, 15) is 9.18 Å². The number of benzene rings is 2. The summed E-state index contributed by atoms with van der Waals surface area (Å²) >= 11 is 5.74. The van der Waals surface area contributed by atoms with Crippen LogP contribution in [0, 0.1) is 12.7 Å². The summed E-state index contributed by atoms with van der Waals surface area (Å²) in [6.07, 6.45) is 3.94. The van der Waals surface area contributed by atoms with Gasteiger partial charge >= 0.3 is 0 Å². The number of aryl methyl sites for hydroxylation is 1. The molecule has 8 heteroatoms. The van der Waals surface area contributed by atoms with Crippen LogP contribution in [-0.2, 0) is 4.79 Å². The molecule has 2 atom stereocenters. The Morgan fingerprint density at radius 3 is 2.69 bits per heavy atom. The van der Waals surface area contributed by atoms with E-state index < -0.39 is 5.82 Å². The van der Waals surface area contributed by atoms with Crippen LogP contribution in [0.5, 0.6) is 0 Å². The Kier molecular flexibility index (Phi) is 6.77. The van der Waals surface area contributed by atoms with E-state index in [4.69, 9.17) is 12.2 Å². The van der Waals surface area contributed by atoms with Gasteiger partial charge in [-0.2, -0.15) is 0 Å². The van der Waals surface area contributed by atoms with Crippen LogP contribution in [0.15, 0.2) is 91.3 Å². The molecule has 4 aromatic rings. The number of para-hydroxylation sites is 1. The van der Waals surface area contributed by atoms with Gasteiger partial charge in [0.15, 0.2) is 5.11 Å². The van der Waals surface area contributed by atoms with Crippen molar-refractivity contribution in [2.75, 3.05) is 11.9 Å². The van der Waals surface area contributed by atoms with Gasteiger partial charge in [-0.3, -0.25) is 9.78 Å². The molecule has 5 rings (SSSR count). The normalized spacial score (nSPS) is 17.2. The van der Waals surface area contributed by atoms with Crippen LogP contribution in [0.4, 0.5) is 10.1 Å². The number of anilines is 1. The first kappa shape index (κ1) is 23.7. The Balaban J connectivity index is 1.45. The predicted molar refractivity (Wildman–Crippen MR) is 142 cm³/mol. The third kappa shape index (κ3) is 4.85. The molecule has 2 aromatic heterocycles. The van der Waals surface area contributed by atoms with Gasteiger partial charge in [-0.05, 0) is 73.2 Å². The number of carbonyl (C=O) groups is 1. The summed E-state index contributed by atoms with van der Waals surface area (Å²) in [4.78, 5) is 19.3. The van der Waals surface area contributed by atoms with Gasteiger partial charge in [0.2, 0.25) is 5.91 Å². The van der Waals surface area contributed by atoms with E-state index in [0.717, 1.165) is 22.6 Å². The molecule has 6 nitrogen and oxygen atoms in total. The average Bonchev–Trinajstić information content (AvgIpc) is 3.49. The van der Waals surface area contributed by atoms with Crippen molar-refractivity contribution < 1.29 is 9.18 Å². The Morgan fingerprint density at radius 1 is 1.08 bits per heavy atom. The van der Waals surface area contributed by atoms with Crippen molar-refractivity contribution >= 4 is 28.9 Å². The maximum atomic E-state index is 14.0. The highest BCUT2D eigenvalue weighted by molar-refractivity contribution is 7.80. The quantitative estimate of drug-likeness (QED) is 0.337. The number of rotatable bonds is 7. The molecular formula is C28H26FN5OS. The van der Waals surface area contributed by atoms with E-state index >= 15 is 0 Å². The van der Waals surface area contributed by atoms with E-state index in [0.29, 0.717) is 11.7 Å². The summed E-state index contributed by atoms with van der Waals surface area (Å²) in [6.45, 7) is 2.43. The number of halogens is 1. The molecule has 2 aromatic carbocycles. The predicted octanol–water partition coefficient (Wildman–Crippen LogP) is 5.32. The third-order valence-electron chi connectivity index (χ3n) is 6.29. The third-order valence-corrected chi connectivity index (χ3v) is 6.64. The molecule has 0 aliphatic carbocycles. The maximum Gasteiger partial charge on any atom is 0.226 e. The van der Waals surface area contributed by atoms with Crippen LogP contribution < -0.4 is 10.6 Å². The summed E-state index contributed by atoms with van der Waals surface area (Å²) in [5, 5.41) is 6.63. The van der Waals surface area contributed by atoms with Crippen molar-refractivity contribution in [3.05, 3.63) is 114 Å². The topological polar surface area (TPSA) is 62.2 Å². The molecular weight excluding hydrogens is 473 g/mol. The lowest BCUT2D eigenvalue weighted by atomic mass is 10.0. The van der Waals surface area contributed by atoms with Gasteiger partial charge in [0.25, 0.3) is 0 Å². The van der Waals surface area contributed by atoms with Crippen molar-refractivity contribution in [1.82, 2.24) is 19.8 Å². The molecule has 1 aliphatic heterocycles. The van der Waals surface area contributed by atoms with Crippen molar-refractivity contribution in [2.45, 2.75) is 25.4 Å². The van der Waals surface area contributed by atoms with Crippen molar-refractivity contribution in [2.24, 2.45) is 0 Å². The number of carbonyl (C=O) groups excluding carboxylic acids is 1. The zero-order chi connectivity index (χ0) is 25.1. The average molecular weight is 500 g/mol. The van der Waals surface area contributed by atoms with Crippen LogP contribution in [0.1, 0.15) is 35.5 Å². The van der Waals surface area contributed by atoms with Gasteiger partial charge in [0.05, 0.1) is 23.5 Å². The lowest BCUT2D eigenvalue weighted by Crippen LogP contribution is -2.33. The number of aromatic nitrogens is 2. The molecule has 1 fully saturated rings. The van der Waals surface area contributed by atoms with Gasteiger partial charge < -0.3 is 20.1 Å². The minimum Gasteiger partial charge on any atom is -0.352 e. The van der Waals surface area contributed by atoms with E-state index in [1.54, 1.807) is 24.4 Å². The largest absolute Gasteiger partial charge is 0.352 e. The molecule has 182 valence electrons. The fourth-order valence-corrected chi connectivity index (χ4v) is 4.95. The molecule has 1 aliphatic rings. The Morgan fingerprint density at radius 2 is 1.92 bits per heavy atom. The Hall–Kier alpha value is -4.04. The molecule has 2 N–H and O–H groups in total. The first-order valence-electron chi connectivity index (χ1n) is 11.8. The number of nitrogens with zero attached hydrogens (tertiary/aromatic N) is 3. The molecule has 2 unspecified atom stereocenters. The van der Waals surface area contributed by atoms with Gasteiger partial charge in [0.1, 0.15) is 5.82 Å². The van der Waals surface area contributed by atoms with E-state index in [-0.39, 0.29) is 30.1 Å². The number of hydrogen-bond acceptors (Lipinski definition) is 3. The molecule has 1 amide bonds. The lowest BCUT2D eigenvalue weighted by molar-refractivity contribution is -0.116. The Labute approximate surface area is 214 Å². The molecule has 0 spiro atoms. The highest BCUT2D eigenvalue weighted by Gasteiger charge is 2.41. The summed E-state index contributed by atoms with van der Waals surface area (Å²) in [5.41, 5.74) is 4.26. The molecule has 1 saturated heterocycles. The first-order chi connectivity index (χ1) is 17.5. The van der Waals surface area contributed by atoms with E-state index in [1.165, 1.54) is 6.07 Å². The number of hydrogen-bond donors (Lipinski definition) is 2. The zero-order valence-electron chi connectivity index (χ0n) is 19.8. The molecule has 0 bridgehead atoms. The zero-order valence-corrected chi connectivity index (χ0v) is 20.6. The summed E-state index contributed by atoms with van der Waals surface area (Å²) < 4.78 is 16.2. The second-order valence-corrected chi connectivity index (χ2v) is 9.13. The van der Waals surface area contributed by atoms with Gasteiger partial charge in [-0.1, -0.05) is 30.3 Å². The van der Waals surface area contributed by atoms with E-state index in [1.807, 2.05) is 41.4 Å². The van der Waals surface area contributed by atoms with Crippen molar-refractivity contribution in [3.63, 3.8) is 0 Å². The molecule has 3 heterocycles. The lowest BCUT2D eigenvalue weighted by Gasteiger charge is -2.29. The van der Waals surface area contributed by atoms with Crippen LogP contribution >= 0.6 is 12.2 Å². The SMILES string of the molecule is Cc1cccc(-n2cccc2C2C(c3ccccn3)NC(=S)N2CCC(=O)Nc2ccccc2F)c1. The first-order valence-corrected chi connectivity index (χ1v) is 12.2. The minimum absolute atomic E-state index is 0.146. The summed E-state index contributed by atoms with van der Waals surface area (Å²) in [5.74, 6) is -0.745. The summed E-state index contributed by atoms with van der Waals surface area (Å²) in [6, 6.07) is 23.9. The molecule has 36 heavy (non-hydrogen) atoms. The number of amides is 1. The fraction of sp³-hybridized carbons (Fsp3) is 0.179. The van der Waals surface area contributed by atoms with Crippen LogP contribution in [-0.4, -0.2) is 32.0 Å². The van der Waals surface area contributed by atoms with Crippen LogP contribution in [0.25, 0.3) is 5.69 Å². The maximum absolute atomic E-state index is 14.0. The summed E-state index contributed by atoms with van der Waals surface area (Å²) in [7, 11) is 0.